The first kappa shape index (κ1) is 14.7. The van der Waals surface area contributed by atoms with Gasteiger partial charge in [0.2, 0.25) is 0 Å². The molecular formula is C16H23NO3. The highest BCUT2D eigenvalue weighted by Gasteiger charge is 2.34. The number of ether oxygens (including phenoxy) is 2. The van der Waals surface area contributed by atoms with E-state index in [1.54, 1.807) is 32.4 Å². The third-order valence-corrected chi connectivity index (χ3v) is 3.45. The molecule has 1 aliphatic carbocycles. The predicted octanol–water partition coefficient (Wildman–Crippen LogP) is 2.96. The van der Waals surface area contributed by atoms with Crippen molar-refractivity contribution < 1.29 is 14.3 Å². The van der Waals surface area contributed by atoms with Gasteiger partial charge in [0, 0.05) is 12.6 Å². The van der Waals surface area contributed by atoms with E-state index in [1.165, 1.54) is 0 Å². The van der Waals surface area contributed by atoms with E-state index in [0.717, 1.165) is 19.4 Å². The van der Waals surface area contributed by atoms with Crippen LogP contribution in [0.4, 0.5) is 0 Å². The van der Waals surface area contributed by atoms with E-state index in [-0.39, 0.29) is 5.91 Å². The molecule has 0 atom stereocenters. The normalized spacial score (nSPS) is 14.2. The van der Waals surface area contributed by atoms with Crippen molar-refractivity contribution in [2.45, 2.75) is 32.7 Å². The fourth-order valence-electron chi connectivity index (χ4n) is 2.31. The van der Waals surface area contributed by atoms with Gasteiger partial charge in [-0.25, -0.2) is 0 Å². The molecule has 1 aromatic rings. The summed E-state index contributed by atoms with van der Waals surface area (Å²) in [6.07, 6.45) is 2.20. The van der Waals surface area contributed by atoms with E-state index < -0.39 is 0 Å². The van der Waals surface area contributed by atoms with Crippen molar-refractivity contribution in [1.82, 2.24) is 4.90 Å². The number of nitrogens with zero attached hydrogens (tertiary/aromatic N) is 1. The van der Waals surface area contributed by atoms with Gasteiger partial charge in [0.15, 0.2) is 0 Å². The summed E-state index contributed by atoms with van der Waals surface area (Å²) in [6.45, 7) is 5.04. The van der Waals surface area contributed by atoms with Crippen LogP contribution in [0.2, 0.25) is 0 Å². The maximum absolute atomic E-state index is 12.8. The summed E-state index contributed by atoms with van der Waals surface area (Å²) in [7, 11) is 3.19. The monoisotopic (exact) mass is 277 g/mol. The van der Waals surface area contributed by atoms with Gasteiger partial charge < -0.3 is 14.4 Å². The van der Waals surface area contributed by atoms with Crippen molar-refractivity contribution >= 4 is 5.91 Å². The van der Waals surface area contributed by atoms with Gasteiger partial charge in [-0.1, -0.05) is 13.8 Å². The molecule has 0 saturated heterocycles. The number of hydrogen-bond acceptors (Lipinski definition) is 3. The van der Waals surface area contributed by atoms with Crippen LogP contribution >= 0.6 is 0 Å². The molecule has 4 heteroatoms. The second-order valence-corrected chi connectivity index (χ2v) is 5.65. The van der Waals surface area contributed by atoms with Gasteiger partial charge in [0.05, 0.1) is 19.8 Å². The topological polar surface area (TPSA) is 38.8 Å². The molecule has 20 heavy (non-hydrogen) atoms. The van der Waals surface area contributed by atoms with E-state index in [0.29, 0.717) is 29.0 Å². The van der Waals surface area contributed by atoms with E-state index in [4.69, 9.17) is 9.47 Å². The predicted molar refractivity (Wildman–Crippen MR) is 78.4 cm³/mol. The Labute approximate surface area is 120 Å². The minimum atomic E-state index is 0.0388. The second-order valence-electron chi connectivity index (χ2n) is 5.65. The lowest BCUT2D eigenvalue weighted by Gasteiger charge is -2.25. The van der Waals surface area contributed by atoms with Gasteiger partial charge in [-0.15, -0.1) is 0 Å². The Bertz CT molecular complexity index is 481. The average molecular weight is 277 g/mol. The molecular weight excluding hydrogens is 254 g/mol. The lowest BCUT2D eigenvalue weighted by Crippen LogP contribution is -2.36. The van der Waals surface area contributed by atoms with Crippen LogP contribution in [0.15, 0.2) is 18.2 Å². The third-order valence-electron chi connectivity index (χ3n) is 3.45. The SMILES string of the molecule is COc1ccc(OC)c(C(=O)N(CC(C)C)C2CC2)c1. The molecule has 1 aliphatic rings. The highest BCUT2D eigenvalue weighted by molar-refractivity contribution is 5.97. The van der Waals surface area contributed by atoms with E-state index in [1.807, 2.05) is 4.90 Å². The van der Waals surface area contributed by atoms with Crippen molar-refractivity contribution in [2.24, 2.45) is 5.92 Å². The number of rotatable bonds is 6. The lowest BCUT2D eigenvalue weighted by atomic mass is 10.1. The third kappa shape index (κ3) is 3.24. The van der Waals surface area contributed by atoms with E-state index in [2.05, 4.69) is 13.8 Å². The Morgan fingerprint density at radius 3 is 2.50 bits per heavy atom. The molecule has 1 aromatic carbocycles. The summed E-state index contributed by atoms with van der Waals surface area (Å²) in [5.41, 5.74) is 0.583. The number of methoxy groups -OCH3 is 2. The smallest absolute Gasteiger partial charge is 0.258 e. The first-order valence-electron chi connectivity index (χ1n) is 7.09. The maximum atomic E-state index is 12.8. The summed E-state index contributed by atoms with van der Waals surface area (Å²) in [5.74, 6) is 1.77. The Morgan fingerprint density at radius 1 is 1.30 bits per heavy atom. The highest BCUT2D eigenvalue weighted by atomic mass is 16.5. The number of amides is 1. The quantitative estimate of drug-likeness (QED) is 0.802. The van der Waals surface area contributed by atoms with Crippen LogP contribution in [-0.2, 0) is 0 Å². The van der Waals surface area contributed by atoms with Crippen LogP contribution in [0.3, 0.4) is 0 Å². The van der Waals surface area contributed by atoms with Gasteiger partial charge >= 0.3 is 0 Å². The molecule has 0 aliphatic heterocycles. The van der Waals surface area contributed by atoms with Crippen molar-refractivity contribution in [1.29, 1.82) is 0 Å². The van der Waals surface area contributed by atoms with E-state index in [9.17, 15) is 4.79 Å². The van der Waals surface area contributed by atoms with Gasteiger partial charge in [0.25, 0.3) is 5.91 Å². The molecule has 4 nitrogen and oxygen atoms in total. The summed E-state index contributed by atoms with van der Waals surface area (Å²) in [6, 6.07) is 5.74. The molecule has 0 N–H and O–H groups in total. The van der Waals surface area contributed by atoms with Crippen molar-refractivity contribution in [3.8, 4) is 11.5 Å². The Kier molecular flexibility index (Phi) is 4.53. The van der Waals surface area contributed by atoms with Crippen molar-refractivity contribution in [3.05, 3.63) is 23.8 Å². The highest BCUT2D eigenvalue weighted by Crippen LogP contribution is 2.32. The Morgan fingerprint density at radius 2 is 2.00 bits per heavy atom. The number of carbonyl (C=O) groups excluding carboxylic acids is 1. The molecule has 0 heterocycles. The zero-order valence-electron chi connectivity index (χ0n) is 12.7. The maximum Gasteiger partial charge on any atom is 0.258 e. The van der Waals surface area contributed by atoms with Gasteiger partial charge in [-0.05, 0) is 37.0 Å². The fourth-order valence-corrected chi connectivity index (χ4v) is 2.31. The zero-order valence-corrected chi connectivity index (χ0v) is 12.7. The first-order chi connectivity index (χ1) is 9.56. The van der Waals surface area contributed by atoms with Crippen molar-refractivity contribution in [3.63, 3.8) is 0 Å². The number of hydrogen-bond donors (Lipinski definition) is 0. The average Bonchev–Trinajstić information content (AvgIpc) is 3.27. The van der Waals surface area contributed by atoms with Crippen molar-refractivity contribution in [2.75, 3.05) is 20.8 Å². The molecule has 110 valence electrons. The molecule has 1 fully saturated rings. The summed E-state index contributed by atoms with van der Waals surface area (Å²) >= 11 is 0. The van der Waals surface area contributed by atoms with Crippen LogP contribution in [-0.4, -0.2) is 37.6 Å². The zero-order chi connectivity index (χ0) is 14.7. The number of benzene rings is 1. The second kappa shape index (κ2) is 6.16. The van der Waals surface area contributed by atoms with Crippen LogP contribution in [0.1, 0.15) is 37.0 Å². The standard InChI is InChI=1S/C16H23NO3/c1-11(2)10-17(12-5-6-12)16(18)14-9-13(19-3)7-8-15(14)20-4/h7-9,11-12H,5-6,10H2,1-4H3. The molecule has 0 radical (unpaired) electrons. The molecule has 0 aromatic heterocycles. The van der Waals surface area contributed by atoms with Gasteiger partial charge in [-0.3, -0.25) is 4.79 Å². The fraction of sp³-hybridized carbons (Fsp3) is 0.562. The van der Waals surface area contributed by atoms with E-state index >= 15 is 0 Å². The minimum absolute atomic E-state index is 0.0388. The minimum Gasteiger partial charge on any atom is -0.497 e. The molecule has 0 unspecified atom stereocenters. The Balaban J connectivity index is 2.29. The summed E-state index contributed by atoms with van der Waals surface area (Å²) < 4.78 is 10.5. The van der Waals surface area contributed by atoms with Crippen LogP contribution in [0.5, 0.6) is 11.5 Å². The number of carbonyl (C=O) groups is 1. The molecule has 1 amide bonds. The first-order valence-corrected chi connectivity index (χ1v) is 7.09. The van der Waals surface area contributed by atoms with Gasteiger partial charge in [-0.2, -0.15) is 0 Å². The molecule has 0 bridgehead atoms. The lowest BCUT2D eigenvalue weighted by molar-refractivity contribution is 0.0718. The molecule has 2 rings (SSSR count). The van der Waals surface area contributed by atoms with Crippen LogP contribution < -0.4 is 9.47 Å². The van der Waals surface area contributed by atoms with Crippen LogP contribution in [0.25, 0.3) is 0 Å². The van der Waals surface area contributed by atoms with Gasteiger partial charge in [0.1, 0.15) is 11.5 Å². The van der Waals surface area contributed by atoms with Crippen LogP contribution in [0, 0.1) is 5.92 Å². The summed E-state index contributed by atoms with van der Waals surface area (Å²) in [5, 5.41) is 0. The largest absolute Gasteiger partial charge is 0.497 e. The Hall–Kier alpha value is -1.71. The molecule has 0 spiro atoms. The summed E-state index contributed by atoms with van der Waals surface area (Å²) in [4.78, 5) is 14.8. The molecule has 1 saturated carbocycles.